The zero-order valence-corrected chi connectivity index (χ0v) is 15.1. The highest BCUT2D eigenvalue weighted by molar-refractivity contribution is 9.10. The topological polar surface area (TPSA) is 64.6 Å². The van der Waals surface area contributed by atoms with Gasteiger partial charge in [0.2, 0.25) is 0 Å². The molecule has 5 nitrogen and oxygen atoms in total. The van der Waals surface area contributed by atoms with Gasteiger partial charge in [-0.05, 0) is 61.9 Å². The van der Waals surface area contributed by atoms with Crippen molar-refractivity contribution in [2.45, 2.75) is 13.8 Å². The fourth-order valence-corrected chi connectivity index (χ4v) is 2.49. The summed E-state index contributed by atoms with van der Waals surface area (Å²) in [5, 5.41) is 2.72. The van der Waals surface area contributed by atoms with Crippen molar-refractivity contribution >= 4 is 33.5 Å². The summed E-state index contributed by atoms with van der Waals surface area (Å²) in [5.41, 5.74) is 1.97. The molecule has 0 atom stereocenters. The number of nitrogens with one attached hydrogen (secondary N) is 1. The second kappa shape index (κ2) is 8.49. The van der Waals surface area contributed by atoms with Gasteiger partial charge in [0.25, 0.3) is 5.91 Å². The standard InChI is InChI=1S/C18H18BrNO4/c1-3-23-18(22)13-4-7-15(8-5-13)20-17(21)11-24-16-9-6-14(19)10-12(16)2/h4-10H,3,11H2,1-2H3,(H,20,21). The number of ether oxygens (including phenoxy) is 2. The molecule has 2 aromatic carbocycles. The third-order valence-electron chi connectivity index (χ3n) is 3.18. The van der Waals surface area contributed by atoms with Gasteiger partial charge in [-0.15, -0.1) is 0 Å². The number of hydrogen-bond acceptors (Lipinski definition) is 4. The Morgan fingerprint density at radius 2 is 1.83 bits per heavy atom. The van der Waals surface area contributed by atoms with E-state index in [-0.39, 0.29) is 18.5 Å². The van der Waals surface area contributed by atoms with Crippen molar-refractivity contribution in [1.29, 1.82) is 0 Å². The first kappa shape index (κ1) is 18.0. The van der Waals surface area contributed by atoms with Gasteiger partial charge in [-0.1, -0.05) is 15.9 Å². The minimum absolute atomic E-state index is 0.0951. The maximum Gasteiger partial charge on any atom is 0.338 e. The van der Waals surface area contributed by atoms with Crippen molar-refractivity contribution in [1.82, 2.24) is 0 Å². The van der Waals surface area contributed by atoms with E-state index in [1.54, 1.807) is 37.3 Å². The fraction of sp³-hybridized carbons (Fsp3) is 0.222. The third kappa shape index (κ3) is 5.09. The van der Waals surface area contributed by atoms with Crippen LogP contribution in [0.3, 0.4) is 0 Å². The number of carbonyl (C=O) groups is 2. The third-order valence-corrected chi connectivity index (χ3v) is 3.67. The van der Waals surface area contributed by atoms with E-state index in [0.717, 1.165) is 10.0 Å². The van der Waals surface area contributed by atoms with E-state index in [4.69, 9.17) is 9.47 Å². The summed E-state index contributed by atoms with van der Waals surface area (Å²) >= 11 is 3.38. The molecule has 1 amide bonds. The molecule has 0 unspecified atom stereocenters. The van der Waals surface area contributed by atoms with Crippen LogP contribution in [-0.2, 0) is 9.53 Å². The minimum Gasteiger partial charge on any atom is -0.483 e. The number of amides is 1. The van der Waals surface area contributed by atoms with Crippen LogP contribution in [0, 0.1) is 6.92 Å². The van der Waals surface area contributed by atoms with E-state index >= 15 is 0 Å². The molecule has 1 N–H and O–H groups in total. The Kier molecular flexibility index (Phi) is 6.37. The maximum atomic E-state index is 11.9. The molecule has 6 heteroatoms. The van der Waals surface area contributed by atoms with Gasteiger partial charge in [0.05, 0.1) is 12.2 Å². The van der Waals surface area contributed by atoms with E-state index in [2.05, 4.69) is 21.2 Å². The summed E-state index contributed by atoms with van der Waals surface area (Å²) in [6.07, 6.45) is 0. The van der Waals surface area contributed by atoms with Crippen molar-refractivity contribution in [2.75, 3.05) is 18.5 Å². The maximum absolute atomic E-state index is 11.9. The van der Waals surface area contributed by atoms with Crippen molar-refractivity contribution < 1.29 is 19.1 Å². The Morgan fingerprint density at radius 1 is 1.12 bits per heavy atom. The summed E-state index contributed by atoms with van der Waals surface area (Å²) in [5.74, 6) is -0.00311. The molecule has 0 aromatic heterocycles. The van der Waals surface area contributed by atoms with Crippen LogP contribution in [0.15, 0.2) is 46.9 Å². The molecule has 0 fully saturated rings. The van der Waals surface area contributed by atoms with Gasteiger partial charge in [-0.2, -0.15) is 0 Å². The first-order chi connectivity index (χ1) is 11.5. The molecule has 0 bridgehead atoms. The summed E-state index contributed by atoms with van der Waals surface area (Å²) in [6.45, 7) is 3.89. The Bertz CT molecular complexity index is 728. The highest BCUT2D eigenvalue weighted by atomic mass is 79.9. The number of benzene rings is 2. The average Bonchev–Trinajstić information content (AvgIpc) is 2.55. The first-order valence-corrected chi connectivity index (χ1v) is 8.25. The second-order valence-electron chi connectivity index (χ2n) is 5.04. The van der Waals surface area contributed by atoms with Crippen LogP contribution in [0.2, 0.25) is 0 Å². The van der Waals surface area contributed by atoms with Crippen LogP contribution in [0.4, 0.5) is 5.69 Å². The Balaban J connectivity index is 1.89. The molecule has 0 aliphatic carbocycles. The van der Waals surface area contributed by atoms with E-state index in [1.165, 1.54) is 0 Å². The van der Waals surface area contributed by atoms with Crippen LogP contribution in [-0.4, -0.2) is 25.1 Å². The molecule has 0 heterocycles. The lowest BCUT2D eigenvalue weighted by atomic mass is 10.2. The van der Waals surface area contributed by atoms with Crippen LogP contribution in [0.1, 0.15) is 22.8 Å². The number of aryl methyl sites for hydroxylation is 1. The van der Waals surface area contributed by atoms with Gasteiger partial charge >= 0.3 is 5.97 Å². The normalized spacial score (nSPS) is 10.1. The van der Waals surface area contributed by atoms with Crippen LogP contribution in [0.5, 0.6) is 5.75 Å². The highest BCUT2D eigenvalue weighted by Crippen LogP contribution is 2.22. The number of hydrogen-bond donors (Lipinski definition) is 1. The lowest BCUT2D eigenvalue weighted by Gasteiger charge is -2.10. The fourth-order valence-electron chi connectivity index (χ4n) is 2.02. The highest BCUT2D eigenvalue weighted by Gasteiger charge is 2.08. The van der Waals surface area contributed by atoms with Crippen molar-refractivity contribution in [3.8, 4) is 5.75 Å². The molecule has 126 valence electrons. The number of esters is 1. The van der Waals surface area contributed by atoms with Gasteiger partial charge < -0.3 is 14.8 Å². The molecule has 24 heavy (non-hydrogen) atoms. The average molecular weight is 392 g/mol. The number of carbonyl (C=O) groups excluding carboxylic acids is 2. The quantitative estimate of drug-likeness (QED) is 0.757. The predicted octanol–water partition coefficient (Wildman–Crippen LogP) is 3.95. The van der Waals surface area contributed by atoms with E-state index in [1.807, 2.05) is 19.1 Å². The van der Waals surface area contributed by atoms with Crippen molar-refractivity contribution in [3.05, 3.63) is 58.1 Å². The number of halogens is 1. The van der Waals surface area contributed by atoms with Gasteiger partial charge in [0.1, 0.15) is 5.75 Å². The molecule has 0 aliphatic heterocycles. The van der Waals surface area contributed by atoms with Gasteiger partial charge in [0.15, 0.2) is 6.61 Å². The SMILES string of the molecule is CCOC(=O)c1ccc(NC(=O)COc2ccc(Br)cc2C)cc1. The monoisotopic (exact) mass is 391 g/mol. The molecule has 0 saturated carbocycles. The first-order valence-electron chi connectivity index (χ1n) is 7.45. The molecule has 0 radical (unpaired) electrons. The Hall–Kier alpha value is -2.34. The number of anilines is 1. The lowest BCUT2D eigenvalue weighted by Crippen LogP contribution is -2.20. The van der Waals surface area contributed by atoms with Crippen molar-refractivity contribution in [3.63, 3.8) is 0 Å². The summed E-state index contributed by atoms with van der Waals surface area (Å²) in [6, 6.07) is 12.1. The van der Waals surface area contributed by atoms with E-state index < -0.39 is 0 Å². The molecule has 0 spiro atoms. The predicted molar refractivity (Wildman–Crippen MR) is 95.4 cm³/mol. The molecule has 2 rings (SSSR count). The lowest BCUT2D eigenvalue weighted by molar-refractivity contribution is -0.118. The molecule has 2 aromatic rings. The van der Waals surface area contributed by atoms with Gasteiger partial charge in [0, 0.05) is 10.2 Å². The zero-order valence-electron chi connectivity index (χ0n) is 13.5. The molecular weight excluding hydrogens is 374 g/mol. The van der Waals surface area contributed by atoms with Crippen LogP contribution in [0.25, 0.3) is 0 Å². The van der Waals surface area contributed by atoms with Crippen molar-refractivity contribution in [2.24, 2.45) is 0 Å². The Labute approximate surface area is 149 Å². The van der Waals surface area contributed by atoms with Gasteiger partial charge in [-0.25, -0.2) is 4.79 Å². The molecular formula is C18H18BrNO4. The largest absolute Gasteiger partial charge is 0.483 e. The second-order valence-corrected chi connectivity index (χ2v) is 5.96. The molecule has 0 aliphatic rings. The summed E-state index contributed by atoms with van der Waals surface area (Å²) in [4.78, 5) is 23.5. The zero-order chi connectivity index (χ0) is 17.5. The smallest absolute Gasteiger partial charge is 0.338 e. The van der Waals surface area contributed by atoms with Gasteiger partial charge in [-0.3, -0.25) is 4.79 Å². The van der Waals surface area contributed by atoms with E-state index in [9.17, 15) is 9.59 Å². The van der Waals surface area contributed by atoms with E-state index in [0.29, 0.717) is 23.6 Å². The van der Waals surface area contributed by atoms with Crippen LogP contribution >= 0.6 is 15.9 Å². The molecule has 0 saturated heterocycles. The Morgan fingerprint density at radius 3 is 2.46 bits per heavy atom. The van der Waals surface area contributed by atoms with Crippen LogP contribution < -0.4 is 10.1 Å². The summed E-state index contributed by atoms with van der Waals surface area (Å²) in [7, 11) is 0. The summed E-state index contributed by atoms with van der Waals surface area (Å²) < 4.78 is 11.4. The number of rotatable bonds is 6. The minimum atomic E-state index is -0.385.